The third kappa shape index (κ3) is 2.96. The van der Waals surface area contributed by atoms with Gasteiger partial charge < -0.3 is 5.73 Å². The first-order valence-corrected chi connectivity index (χ1v) is 8.23. The van der Waals surface area contributed by atoms with E-state index in [1.54, 1.807) is 44.2 Å². The number of hydrogen-bond donors (Lipinski definition) is 2. The Morgan fingerprint density at radius 1 is 1.15 bits per heavy atom. The molecule has 2 rings (SSSR count). The van der Waals surface area contributed by atoms with Crippen LogP contribution in [0.4, 0.5) is 11.4 Å². The summed E-state index contributed by atoms with van der Waals surface area (Å²) in [5.74, 6) is 0. The molecule has 106 valence electrons. The molecule has 0 aliphatic rings. The molecule has 0 bridgehead atoms. The second-order valence-corrected chi connectivity index (χ2v) is 7.08. The van der Waals surface area contributed by atoms with E-state index >= 15 is 0 Å². The van der Waals surface area contributed by atoms with E-state index in [0.29, 0.717) is 22.5 Å². The van der Waals surface area contributed by atoms with Gasteiger partial charge in [0.1, 0.15) is 0 Å². The molecule has 2 aromatic carbocycles. The maximum Gasteiger partial charge on any atom is 0.262 e. The van der Waals surface area contributed by atoms with Crippen molar-refractivity contribution in [2.24, 2.45) is 0 Å². The van der Waals surface area contributed by atoms with Gasteiger partial charge in [-0.3, -0.25) is 4.72 Å². The number of anilines is 2. The second-order valence-electron chi connectivity index (χ2n) is 4.54. The lowest BCUT2D eigenvalue weighted by atomic mass is 10.1. The largest absolute Gasteiger partial charge is 0.398 e. The summed E-state index contributed by atoms with van der Waals surface area (Å²) in [7, 11) is -3.66. The standard InChI is InChI=1S/C14H15BrN2O2S/c1-9-6-7-13(16)10(2)14(9)20(18,19)17-12-5-3-4-11(15)8-12/h3-8,17H,16H2,1-2H3. The van der Waals surface area contributed by atoms with Gasteiger partial charge >= 0.3 is 0 Å². The number of rotatable bonds is 3. The first kappa shape index (κ1) is 14.9. The lowest BCUT2D eigenvalue weighted by Gasteiger charge is -2.14. The van der Waals surface area contributed by atoms with Crippen LogP contribution in [-0.2, 0) is 10.0 Å². The molecular weight excluding hydrogens is 340 g/mol. The van der Waals surface area contributed by atoms with Crippen molar-refractivity contribution in [1.29, 1.82) is 0 Å². The first-order chi connectivity index (χ1) is 9.31. The van der Waals surface area contributed by atoms with E-state index < -0.39 is 10.0 Å². The highest BCUT2D eigenvalue weighted by atomic mass is 79.9. The number of aryl methyl sites for hydroxylation is 1. The average molecular weight is 355 g/mol. The van der Waals surface area contributed by atoms with Crippen molar-refractivity contribution < 1.29 is 8.42 Å². The third-order valence-corrected chi connectivity index (χ3v) is 5.15. The molecule has 0 aromatic heterocycles. The Labute approximate surface area is 127 Å². The minimum atomic E-state index is -3.66. The number of sulfonamides is 1. The fourth-order valence-electron chi connectivity index (χ4n) is 2.01. The van der Waals surface area contributed by atoms with Crippen LogP contribution in [0.1, 0.15) is 11.1 Å². The summed E-state index contributed by atoms with van der Waals surface area (Å²) in [5.41, 5.74) is 8.00. The molecule has 3 N–H and O–H groups in total. The van der Waals surface area contributed by atoms with Crippen LogP contribution >= 0.6 is 15.9 Å². The zero-order valence-electron chi connectivity index (χ0n) is 11.1. The van der Waals surface area contributed by atoms with Gasteiger partial charge in [0.15, 0.2) is 0 Å². The molecule has 0 radical (unpaired) electrons. The first-order valence-electron chi connectivity index (χ1n) is 5.95. The van der Waals surface area contributed by atoms with Gasteiger partial charge in [0.25, 0.3) is 10.0 Å². The predicted octanol–water partition coefficient (Wildman–Crippen LogP) is 3.45. The molecule has 0 aliphatic carbocycles. The van der Waals surface area contributed by atoms with Crippen LogP contribution in [0.3, 0.4) is 0 Å². The van der Waals surface area contributed by atoms with Crippen molar-refractivity contribution in [3.63, 3.8) is 0 Å². The fraction of sp³-hybridized carbons (Fsp3) is 0.143. The van der Waals surface area contributed by atoms with E-state index in [2.05, 4.69) is 20.7 Å². The SMILES string of the molecule is Cc1ccc(N)c(C)c1S(=O)(=O)Nc1cccc(Br)c1. The van der Waals surface area contributed by atoms with Gasteiger partial charge in [-0.2, -0.15) is 0 Å². The second kappa shape index (κ2) is 5.46. The molecule has 4 nitrogen and oxygen atoms in total. The van der Waals surface area contributed by atoms with Crippen molar-refractivity contribution in [3.05, 3.63) is 52.0 Å². The Morgan fingerprint density at radius 2 is 1.85 bits per heavy atom. The maximum absolute atomic E-state index is 12.5. The van der Waals surface area contributed by atoms with Crippen molar-refractivity contribution >= 4 is 37.3 Å². The molecule has 0 fully saturated rings. The van der Waals surface area contributed by atoms with Crippen LogP contribution < -0.4 is 10.5 Å². The van der Waals surface area contributed by atoms with E-state index in [9.17, 15) is 8.42 Å². The molecule has 0 saturated carbocycles. The molecule has 0 amide bonds. The van der Waals surface area contributed by atoms with Crippen LogP contribution in [0.25, 0.3) is 0 Å². The smallest absolute Gasteiger partial charge is 0.262 e. The number of benzene rings is 2. The van der Waals surface area contributed by atoms with Crippen molar-refractivity contribution in [2.45, 2.75) is 18.7 Å². The summed E-state index contributed by atoms with van der Waals surface area (Å²) in [5, 5.41) is 0. The average Bonchev–Trinajstić information content (AvgIpc) is 2.33. The minimum Gasteiger partial charge on any atom is -0.398 e. The van der Waals surface area contributed by atoms with Gasteiger partial charge in [-0.05, 0) is 49.2 Å². The molecule has 0 heterocycles. The molecule has 20 heavy (non-hydrogen) atoms. The highest BCUT2D eigenvalue weighted by Gasteiger charge is 2.20. The topological polar surface area (TPSA) is 72.2 Å². The number of nitrogens with one attached hydrogen (secondary N) is 1. The Bertz CT molecular complexity index is 758. The molecule has 0 unspecified atom stereocenters. The monoisotopic (exact) mass is 354 g/mol. The van der Waals surface area contributed by atoms with Crippen LogP contribution in [0.5, 0.6) is 0 Å². The molecule has 0 aliphatic heterocycles. The quantitative estimate of drug-likeness (QED) is 0.829. The normalized spacial score (nSPS) is 11.3. The minimum absolute atomic E-state index is 0.234. The number of halogens is 1. The van der Waals surface area contributed by atoms with Crippen molar-refractivity contribution in [2.75, 3.05) is 10.5 Å². The van der Waals surface area contributed by atoms with Crippen LogP contribution in [0.15, 0.2) is 45.8 Å². The lowest BCUT2D eigenvalue weighted by molar-refractivity contribution is 0.600. The van der Waals surface area contributed by atoms with Gasteiger partial charge in [-0.15, -0.1) is 0 Å². The number of nitrogen functional groups attached to an aromatic ring is 1. The van der Waals surface area contributed by atoms with Crippen molar-refractivity contribution in [3.8, 4) is 0 Å². The summed E-state index contributed by atoms with van der Waals surface area (Å²) in [6, 6.07) is 10.4. The molecule has 0 atom stereocenters. The zero-order valence-corrected chi connectivity index (χ0v) is 13.5. The van der Waals surface area contributed by atoms with E-state index in [4.69, 9.17) is 5.73 Å². The summed E-state index contributed by atoms with van der Waals surface area (Å²) in [6.45, 7) is 3.46. The zero-order chi connectivity index (χ0) is 14.9. The Hall–Kier alpha value is -1.53. The van der Waals surface area contributed by atoms with Crippen LogP contribution in [0, 0.1) is 13.8 Å². The third-order valence-electron chi connectivity index (χ3n) is 2.99. The predicted molar refractivity (Wildman–Crippen MR) is 85.3 cm³/mol. The summed E-state index contributed by atoms with van der Waals surface area (Å²) >= 11 is 3.31. The lowest BCUT2D eigenvalue weighted by Crippen LogP contribution is -2.16. The summed E-state index contributed by atoms with van der Waals surface area (Å²) < 4.78 is 28.4. The molecule has 0 saturated heterocycles. The highest BCUT2D eigenvalue weighted by molar-refractivity contribution is 9.10. The van der Waals surface area contributed by atoms with E-state index in [-0.39, 0.29) is 4.90 Å². The number of nitrogens with two attached hydrogens (primary N) is 1. The van der Waals surface area contributed by atoms with Crippen molar-refractivity contribution in [1.82, 2.24) is 0 Å². The van der Waals surface area contributed by atoms with E-state index in [1.807, 2.05) is 6.07 Å². The maximum atomic E-state index is 12.5. The Balaban J connectivity index is 2.49. The van der Waals surface area contributed by atoms with Gasteiger partial charge in [0, 0.05) is 15.8 Å². The molecule has 0 spiro atoms. The number of hydrogen-bond acceptors (Lipinski definition) is 3. The van der Waals surface area contributed by atoms with Crippen LogP contribution in [0.2, 0.25) is 0 Å². The van der Waals surface area contributed by atoms with Crippen LogP contribution in [-0.4, -0.2) is 8.42 Å². The van der Waals surface area contributed by atoms with Gasteiger partial charge in [-0.25, -0.2) is 8.42 Å². The highest BCUT2D eigenvalue weighted by Crippen LogP contribution is 2.27. The van der Waals surface area contributed by atoms with Gasteiger partial charge in [0.05, 0.1) is 4.90 Å². The molecular formula is C14H15BrN2O2S. The van der Waals surface area contributed by atoms with Gasteiger partial charge in [0.2, 0.25) is 0 Å². The van der Waals surface area contributed by atoms with E-state index in [1.165, 1.54) is 0 Å². The Morgan fingerprint density at radius 3 is 2.50 bits per heavy atom. The van der Waals surface area contributed by atoms with E-state index in [0.717, 1.165) is 4.47 Å². The molecule has 6 heteroatoms. The fourth-order valence-corrected chi connectivity index (χ4v) is 3.97. The van der Waals surface area contributed by atoms with Gasteiger partial charge in [-0.1, -0.05) is 28.1 Å². The Kier molecular flexibility index (Phi) is 4.06. The molecule has 2 aromatic rings. The summed E-state index contributed by atoms with van der Waals surface area (Å²) in [6.07, 6.45) is 0. The summed E-state index contributed by atoms with van der Waals surface area (Å²) in [4.78, 5) is 0.234.